The van der Waals surface area contributed by atoms with Crippen LogP contribution >= 0.6 is 23.2 Å². The molecule has 1 N–H and O–H groups in total. The van der Waals surface area contributed by atoms with Crippen LogP contribution in [0.1, 0.15) is 61.4 Å². The van der Waals surface area contributed by atoms with E-state index in [-0.39, 0.29) is 34.6 Å². The van der Waals surface area contributed by atoms with Gasteiger partial charge in [0.15, 0.2) is 5.78 Å². The van der Waals surface area contributed by atoms with Gasteiger partial charge in [0.1, 0.15) is 10.8 Å². The van der Waals surface area contributed by atoms with Gasteiger partial charge in [0.25, 0.3) is 10.1 Å². The van der Waals surface area contributed by atoms with Gasteiger partial charge in [0.05, 0.1) is 17.4 Å². The Balaban J connectivity index is 1.74. The van der Waals surface area contributed by atoms with Gasteiger partial charge in [-0.25, -0.2) is 0 Å². The average Bonchev–Trinajstić information content (AvgIpc) is 3.19. The van der Waals surface area contributed by atoms with Gasteiger partial charge in [-0.1, -0.05) is 43.0 Å². The highest BCUT2D eigenvalue weighted by atomic mass is 35.5. The molecule has 2 aliphatic rings. The molecule has 1 fully saturated rings. The van der Waals surface area contributed by atoms with Crippen LogP contribution in [0.3, 0.4) is 0 Å². The Bertz CT molecular complexity index is 846. The third-order valence-electron chi connectivity index (χ3n) is 5.87. The first-order valence-electron chi connectivity index (χ1n) is 9.27. The van der Waals surface area contributed by atoms with Crippen molar-refractivity contribution in [1.82, 2.24) is 0 Å². The van der Waals surface area contributed by atoms with Gasteiger partial charge in [-0.2, -0.15) is 8.42 Å². The van der Waals surface area contributed by atoms with E-state index in [9.17, 15) is 13.2 Å². The molecule has 1 unspecified atom stereocenters. The second-order valence-corrected chi connectivity index (χ2v) is 10.1. The molecule has 1 aromatic carbocycles. The lowest BCUT2D eigenvalue weighted by Gasteiger charge is -2.29. The van der Waals surface area contributed by atoms with E-state index < -0.39 is 15.5 Å². The summed E-state index contributed by atoms with van der Waals surface area (Å²) in [5.74, 6) is 0.562. The smallest absolute Gasteiger partial charge is 0.264 e. The number of benzene rings is 1. The molecule has 0 saturated heterocycles. The highest BCUT2D eigenvalue weighted by molar-refractivity contribution is 7.85. The SMILES string of the molecule is CC1(C2CCCC2)Cc2cc(OCCCCS(=O)(=O)O)c(Cl)c(Cl)c2C1=O. The summed E-state index contributed by atoms with van der Waals surface area (Å²) in [5.41, 5.74) is 0.964. The monoisotopic (exact) mass is 434 g/mol. The molecule has 1 saturated carbocycles. The quantitative estimate of drug-likeness (QED) is 0.483. The Morgan fingerprint density at radius 3 is 2.52 bits per heavy atom. The summed E-state index contributed by atoms with van der Waals surface area (Å²) in [7, 11) is -3.96. The largest absolute Gasteiger partial charge is 0.492 e. The van der Waals surface area contributed by atoms with Gasteiger partial charge in [-0.05, 0) is 49.7 Å². The summed E-state index contributed by atoms with van der Waals surface area (Å²) in [5, 5.41) is 0.461. The van der Waals surface area contributed by atoms with Crippen molar-refractivity contribution in [2.75, 3.05) is 12.4 Å². The maximum Gasteiger partial charge on any atom is 0.264 e. The predicted octanol–water partition coefficient (Wildman–Crippen LogP) is 4.98. The molecule has 8 heteroatoms. The van der Waals surface area contributed by atoms with Crippen LogP contribution < -0.4 is 4.74 Å². The normalized spacial score (nSPS) is 23.0. The third kappa shape index (κ3) is 4.29. The summed E-state index contributed by atoms with van der Waals surface area (Å²) in [4.78, 5) is 13.1. The molecule has 0 amide bonds. The number of ketones is 1. The molecule has 2 aliphatic carbocycles. The minimum absolute atomic E-state index is 0.0796. The first kappa shape index (κ1) is 20.9. The number of unbranched alkanes of at least 4 members (excludes halogenated alkanes) is 1. The van der Waals surface area contributed by atoms with Crippen LogP contribution in [0.4, 0.5) is 0 Å². The van der Waals surface area contributed by atoms with Gasteiger partial charge in [0, 0.05) is 11.0 Å². The molecule has 1 atom stereocenters. The van der Waals surface area contributed by atoms with Crippen LogP contribution in [0.2, 0.25) is 10.0 Å². The van der Waals surface area contributed by atoms with Crippen molar-refractivity contribution < 1.29 is 22.5 Å². The van der Waals surface area contributed by atoms with Crippen molar-refractivity contribution in [1.29, 1.82) is 0 Å². The Labute approximate surface area is 170 Å². The molecule has 0 spiro atoms. The highest BCUT2D eigenvalue weighted by Crippen LogP contribution is 2.52. The fourth-order valence-corrected chi connectivity index (χ4v) is 5.44. The van der Waals surface area contributed by atoms with E-state index in [4.69, 9.17) is 32.5 Å². The number of hydrogen-bond donors (Lipinski definition) is 1. The van der Waals surface area contributed by atoms with Gasteiger partial charge < -0.3 is 4.74 Å². The molecule has 0 bridgehead atoms. The molecular formula is C19H24Cl2O5S. The van der Waals surface area contributed by atoms with E-state index in [0.29, 0.717) is 30.1 Å². The Kier molecular flexibility index (Phi) is 6.11. The van der Waals surface area contributed by atoms with Crippen molar-refractivity contribution in [3.8, 4) is 5.75 Å². The van der Waals surface area contributed by atoms with Crippen LogP contribution in [-0.4, -0.2) is 31.1 Å². The minimum Gasteiger partial charge on any atom is -0.492 e. The fourth-order valence-electron chi connectivity index (χ4n) is 4.37. The molecule has 0 aliphatic heterocycles. The topological polar surface area (TPSA) is 80.7 Å². The predicted molar refractivity (Wildman–Crippen MR) is 106 cm³/mol. The molecule has 3 rings (SSSR count). The minimum atomic E-state index is -3.96. The van der Waals surface area contributed by atoms with Crippen LogP contribution in [0, 0.1) is 11.3 Å². The van der Waals surface area contributed by atoms with Crippen molar-refractivity contribution in [3.63, 3.8) is 0 Å². The van der Waals surface area contributed by atoms with Crippen molar-refractivity contribution in [3.05, 3.63) is 27.2 Å². The fraction of sp³-hybridized carbons (Fsp3) is 0.632. The molecule has 0 radical (unpaired) electrons. The Morgan fingerprint density at radius 2 is 1.89 bits per heavy atom. The van der Waals surface area contributed by atoms with E-state index in [1.807, 2.05) is 6.92 Å². The van der Waals surface area contributed by atoms with Gasteiger partial charge in [0.2, 0.25) is 0 Å². The summed E-state index contributed by atoms with van der Waals surface area (Å²) < 4.78 is 35.9. The van der Waals surface area contributed by atoms with Crippen LogP contribution in [0.15, 0.2) is 6.07 Å². The van der Waals surface area contributed by atoms with Crippen molar-refractivity contribution in [2.45, 2.75) is 51.9 Å². The van der Waals surface area contributed by atoms with Gasteiger partial charge in [-0.3, -0.25) is 9.35 Å². The number of Topliss-reactive ketones (excluding diaryl/α,β-unsaturated/α-hetero) is 1. The van der Waals surface area contributed by atoms with E-state index >= 15 is 0 Å². The number of halogens is 2. The van der Waals surface area contributed by atoms with Crippen molar-refractivity contribution in [2.24, 2.45) is 11.3 Å². The molecule has 0 aromatic heterocycles. The zero-order valence-corrected chi connectivity index (χ0v) is 17.6. The summed E-state index contributed by atoms with van der Waals surface area (Å²) in [6.45, 7) is 2.28. The second-order valence-electron chi connectivity index (χ2n) is 7.78. The Morgan fingerprint density at radius 1 is 1.22 bits per heavy atom. The number of ether oxygens (including phenoxy) is 1. The lowest BCUT2D eigenvalue weighted by molar-refractivity contribution is 0.0744. The molecule has 0 heterocycles. The Hall–Kier alpha value is -0.820. The molecular weight excluding hydrogens is 411 g/mol. The third-order valence-corrected chi connectivity index (χ3v) is 7.52. The molecule has 150 valence electrons. The number of rotatable bonds is 7. The lowest BCUT2D eigenvalue weighted by atomic mass is 9.73. The summed E-state index contributed by atoms with van der Waals surface area (Å²) >= 11 is 12.8. The number of hydrogen-bond acceptors (Lipinski definition) is 4. The average molecular weight is 435 g/mol. The molecule has 27 heavy (non-hydrogen) atoms. The maximum absolute atomic E-state index is 13.1. The van der Waals surface area contributed by atoms with E-state index in [2.05, 4.69) is 0 Å². The van der Waals surface area contributed by atoms with E-state index in [1.54, 1.807) is 6.07 Å². The molecule has 1 aromatic rings. The van der Waals surface area contributed by atoms with E-state index in [1.165, 1.54) is 0 Å². The number of carbonyl (C=O) groups excluding carboxylic acids is 1. The maximum atomic E-state index is 13.1. The summed E-state index contributed by atoms with van der Waals surface area (Å²) in [6.07, 6.45) is 5.84. The van der Waals surface area contributed by atoms with Crippen LogP contribution in [-0.2, 0) is 16.5 Å². The molecule has 5 nitrogen and oxygen atoms in total. The second kappa shape index (κ2) is 7.90. The van der Waals surface area contributed by atoms with Gasteiger partial charge in [-0.15, -0.1) is 0 Å². The standard InChI is InChI=1S/C19H24Cl2O5S/c1-19(13-6-2-3-7-13)11-12-10-14(16(20)17(21)15(12)18(19)22)26-8-4-5-9-27(23,24)25/h10,13H,2-9,11H2,1H3,(H,23,24,25). The van der Waals surface area contributed by atoms with Crippen molar-refractivity contribution >= 4 is 39.1 Å². The number of carbonyl (C=O) groups is 1. The van der Waals surface area contributed by atoms with Crippen LogP contribution in [0.5, 0.6) is 5.75 Å². The van der Waals surface area contributed by atoms with Gasteiger partial charge >= 0.3 is 0 Å². The number of fused-ring (bicyclic) bond motifs is 1. The summed E-state index contributed by atoms with van der Waals surface area (Å²) in [6, 6.07) is 1.80. The lowest BCUT2D eigenvalue weighted by Crippen LogP contribution is -2.32. The first-order chi connectivity index (χ1) is 12.6. The first-order valence-corrected chi connectivity index (χ1v) is 11.6. The zero-order chi connectivity index (χ0) is 19.8. The van der Waals surface area contributed by atoms with Crippen LogP contribution in [0.25, 0.3) is 0 Å². The van der Waals surface area contributed by atoms with E-state index in [0.717, 1.165) is 31.2 Å². The highest BCUT2D eigenvalue weighted by Gasteiger charge is 2.49. The zero-order valence-electron chi connectivity index (χ0n) is 15.3.